The Hall–Kier alpha value is -1.61. The number of ether oxygens (including phenoxy) is 1. The van der Waals surface area contributed by atoms with Crippen molar-refractivity contribution in [2.45, 2.75) is 13.2 Å². The van der Waals surface area contributed by atoms with Gasteiger partial charge in [0.05, 0.1) is 5.56 Å². The molecule has 5 heteroatoms. The molecule has 0 radical (unpaired) electrons. The van der Waals surface area contributed by atoms with E-state index in [1.54, 1.807) is 6.07 Å². The minimum absolute atomic E-state index is 0.265. The van der Waals surface area contributed by atoms with E-state index in [1.165, 1.54) is 3.57 Å². The van der Waals surface area contributed by atoms with Crippen LogP contribution in [0.5, 0.6) is 0 Å². The van der Waals surface area contributed by atoms with Gasteiger partial charge in [-0.3, -0.25) is 0 Å². The highest BCUT2D eigenvalue weighted by atomic mass is 127. The lowest BCUT2D eigenvalue weighted by Crippen LogP contribution is -2.10. The van der Waals surface area contributed by atoms with Crippen LogP contribution >= 0.6 is 45.2 Å². The quantitative estimate of drug-likeness (QED) is 0.299. The number of benzene rings is 3. The molecular formula is C21H17I2NO2. The molecule has 0 saturated carbocycles. The van der Waals surface area contributed by atoms with Crippen molar-refractivity contribution < 1.29 is 9.53 Å². The monoisotopic (exact) mass is 569 g/mol. The molecule has 0 heterocycles. The molecule has 0 unspecified atom stereocenters. The minimum Gasteiger partial charge on any atom is -0.457 e. The molecule has 3 nitrogen and oxygen atoms in total. The van der Waals surface area contributed by atoms with Gasteiger partial charge >= 0.3 is 5.97 Å². The number of carbonyl (C=O) groups is 1. The molecule has 0 aliphatic carbocycles. The first kappa shape index (κ1) is 19.2. The van der Waals surface area contributed by atoms with E-state index in [2.05, 4.69) is 74.8 Å². The number of halogens is 2. The van der Waals surface area contributed by atoms with Crippen LogP contribution in [0.15, 0.2) is 72.8 Å². The van der Waals surface area contributed by atoms with E-state index in [1.807, 2.05) is 42.5 Å². The summed E-state index contributed by atoms with van der Waals surface area (Å²) in [6.45, 7) is 0.916. The molecule has 0 aliphatic rings. The molecule has 132 valence electrons. The molecule has 0 saturated heterocycles. The Balaban J connectivity index is 1.64. The molecule has 3 rings (SSSR count). The topological polar surface area (TPSA) is 38.3 Å². The second-order valence-corrected chi connectivity index (χ2v) is 8.22. The van der Waals surface area contributed by atoms with Gasteiger partial charge in [0.1, 0.15) is 6.61 Å². The summed E-state index contributed by atoms with van der Waals surface area (Å²) in [7, 11) is 0. The fourth-order valence-electron chi connectivity index (χ4n) is 2.42. The van der Waals surface area contributed by atoms with Crippen LogP contribution in [0.1, 0.15) is 21.5 Å². The molecule has 3 aromatic carbocycles. The van der Waals surface area contributed by atoms with Gasteiger partial charge in [0.25, 0.3) is 0 Å². The molecule has 0 atom stereocenters. The largest absolute Gasteiger partial charge is 0.457 e. The first-order valence-electron chi connectivity index (χ1n) is 8.11. The number of esters is 1. The van der Waals surface area contributed by atoms with Crippen molar-refractivity contribution >= 4 is 56.8 Å². The summed E-state index contributed by atoms with van der Waals surface area (Å²) >= 11 is 4.54. The Labute approximate surface area is 180 Å². The van der Waals surface area contributed by atoms with Crippen LogP contribution in [0, 0.1) is 7.14 Å². The van der Waals surface area contributed by atoms with Crippen LogP contribution in [0.4, 0.5) is 5.69 Å². The Kier molecular flexibility index (Phi) is 6.90. The summed E-state index contributed by atoms with van der Waals surface area (Å²) in [5.41, 5.74) is 3.46. The number of rotatable bonds is 6. The number of carbonyl (C=O) groups excluding carboxylic acids is 1. The summed E-state index contributed by atoms with van der Waals surface area (Å²) in [4.78, 5) is 12.5. The maximum Gasteiger partial charge on any atom is 0.340 e. The molecule has 3 aromatic rings. The van der Waals surface area contributed by atoms with Crippen LogP contribution in [-0.2, 0) is 17.9 Å². The van der Waals surface area contributed by atoms with Gasteiger partial charge in [-0.2, -0.15) is 0 Å². The summed E-state index contributed by atoms with van der Waals surface area (Å²) in [5.74, 6) is -0.325. The average molecular weight is 569 g/mol. The highest BCUT2D eigenvalue weighted by Crippen LogP contribution is 2.19. The summed E-state index contributed by atoms with van der Waals surface area (Å²) in [6.07, 6.45) is 0. The van der Waals surface area contributed by atoms with E-state index in [0.717, 1.165) is 20.4 Å². The van der Waals surface area contributed by atoms with E-state index in [9.17, 15) is 4.79 Å². The number of hydrogen-bond donors (Lipinski definition) is 1. The van der Waals surface area contributed by atoms with E-state index in [-0.39, 0.29) is 12.6 Å². The molecule has 26 heavy (non-hydrogen) atoms. The Morgan fingerprint density at radius 2 is 1.38 bits per heavy atom. The van der Waals surface area contributed by atoms with Crippen molar-refractivity contribution in [2.24, 2.45) is 0 Å². The zero-order valence-corrected chi connectivity index (χ0v) is 18.2. The Morgan fingerprint density at radius 3 is 2.04 bits per heavy atom. The second kappa shape index (κ2) is 9.36. The molecule has 0 fully saturated rings. The fourth-order valence-corrected chi connectivity index (χ4v) is 3.14. The van der Waals surface area contributed by atoms with Gasteiger partial charge in [-0.05, 0) is 92.7 Å². The van der Waals surface area contributed by atoms with Crippen molar-refractivity contribution in [3.63, 3.8) is 0 Å². The number of hydrogen-bond acceptors (Lipinski definition) is 3. The lowest BCUT2D eigenvalue weighted by atomic mass is 10.1. The zero-order chi connectivity index (χ0) is 18.4. The lowest BCUT2D eigenvalue weighted by Gasteiger charge is -2.12. The third kappa shape index (κ3) is 5.44. The normalized spacial score (nSPS) is 10.4. The predicted octanol–water partition coefficient (Wildman–Crippen LogP) is 5.86. The average Bonchev–Trinajstić information content (AvgIpc) is 2.67. The van der Waals surface area contributed by atoms with Gasteiger partial charge in [0.2, 0.25) is 0 Å². The SMILES string of the molecule is O=C(OCc1ccc(I)cc1)c1ccccc1NCc1ccc(I)cc1. The predicted molar refractivity (Wildman–Crippen MR) is 121 cm³/mol. The van der Waals surface area contributed by atoms with Gasteiger partial charge in [-0.15, -0.1) is 0 Å². The maximum atomic E-state index is 12.5. The number of nitrogens with one attached hydrogen (secondary N) is 1. The smallest absolute Gasteiger partial charge is 0.340 e. The summed E-state index contributed by atoms with van der Waals surface area (Å²) < 4.78 is 7.84. The minimum atomic E-state index is -0.325. The number of anilines is 1. The van der Waals surface area contributed by atoms with E-state index >= 15 is 0 Å². The van der Waals surface area contributed by atoms with Crippen LogP contribution in [0.25, 0.3) is 0 Å². The van der Waals surface area contributed by atoms with Crippen LogP contribution in [-0.4, -0.2) is 5.97 Å². The lowest BCUT2D eigenvalue weighted by molar-refractivity contribution is 0.0474. The van der Waals surface area contributed by atoms with E-state index in [4.69, 9.17) is 4.74 Å². The Bertz CT molecular complexity index is 877. The zero-order valence-electron chi connectivity index (χ0n) is 13.9. The van der Waals surface area contributed by atoms with Crippen LogP contribution in [0.2, 0.25) is 0 Å². The van der Waals surface area contributed by atoms with E-state index in [0.29, 0.717) is 12.1 Å². The number of para-hydroxylation sites is 1. The first-order chi connectivity index (χ1) is 12.6. The van der Waals surface area contributed by atoms with Crippen LogP contribution < -0.4 is 5.32 Å². The highest BCUT2D eigenvalue weighted by Gasteiger charge is 2.12. The Morgan fingerprint density at radius 1 is 0.808 bits per heavy atom. The molecule has 0 aromatic heterocycles. The van der Waals surface area contributed by atoms with E-state index < -0.39 is 0 Å². The molecule has 1 N–H and O–H groups in total. The van der Waals surface area contributed by atoms with Gasteiger partial charge in [0.15, 0.2) is 0 Å². The van der Waals surface area contributed by atoms with Crippen molar-refractivity contribution in [1.29, 1.82) is 0 Å². The molecule has 0 spiro atoms. The maximum absolute atomic E-state index is 12.5. The van der Waals surface area contributed by atoms with Gasteiger partial charge in [-0.25, -0.2) is 4.79 Å². The summed E-state index contributed by atoms with van der Waals surface area (Å²) in [5, 5.41) is 3.33. The fraction of sp³-hybridized carbons (Fsp3) is 0.0952. The van der Waals surface area contributed by atoms with Gasteiger partial charge in [-0.1, -0.05) is 36.4 Å². The highest BCUT2D eigenvalue weighted by molar-refractivity contribution is 14.1. The van der Waals surface area contributed by atoms with Crippen molar-refractivity contribution in [3.05, 3.63) is 96.6 Å². The van der Waals surface area contributed by atoms with Crippen molar-refractivity contribution in [3.8, 4) is 0 Å². The van der Waals surface area contributed by atoms with Crippen molar-refractivity contribution in [1.82, 2.24) is 0 Å². The standard InChI is InChI=1S/C21H17I2NO2/c22-17-9-5-15(6-10-17)13-24-20-4-2-1-3-19(20)21(25)26-14-16-7-11-18(23)12-8-16/h1-12,24H,13-14H2. The van der Waals surface area contributed by atoms with Gasteiger partial charge in [0, 0.05) is 19.4 Å². The molecular weight excluding hydrogens is 552 g/mol. The van der Waals surface area contributed by atoms with Crippen molar-refractivity contribution in [2.75, 3.05) is 5.32 Å². The third-order valence-corrected chi connectivity index (χ3v) is 5.26. The molecule has 0 bridgehead atoms. The molecule has 0 amide bonds. The first-order valence-corrected chi connectivity index (χ1v) is 10.3. The third-order valence-electron chi connectivity index (χ3n) is 3.83. The van der Waals surface area contributed by atoms with Crippen LogP contribution in [0.3, 0.4) is 0 Å². The molecule has 0 aliphatic heterocycles. The van der Waals surface area contributed by atoms with Gasteiger partial charge < -0.3 is 10.1 Å². The second-order valence-electron chi connectivity index (χ2n) is 5.73. The summed E-state index contributed by atoms with van der Waals surface area (Å²) in [6, 6.07) is 23.7.